The first kappa shape index (κ1) is 13.3. The minimum atomic E-state index is 0.288. The van der Waals surface area contributed by atoms with Gasteiger partial charge < -0.3 is 10.5 Å². The van der Waals surface area contributed by atoms with Crippen molar-refractivity contribution in [3.8, 4) is 5.75 Å². The van der Waals surface area contributed by atoms with Gasteiger partial charge in [0, 0.05) is 12.8 Å². The molecule has 0 spiro atoms. The summed E-state index contributed by atoms with van der Waals surface area (Å²) in [6.07, 6.45) is 2.43. The lowest BCUT2D eigenvalue weighted by Crippen LogP contribution is -2.07. The van der Waals surface area contributed by atoms with Gasteiger partial charge in [0.15, 0.2) is 0 Å². The number of aryl methyl sites for hydroxylation is 1. The zero-order valence-electron chi connectivity index (χ0n) is 11.3. The lowest BCUT2D eigenvalue weighted by molar-refractivity contribution is 0.414. The average molecular weight is 258 g/mol. The molecule has 0 saturated carbocycles. The largest absolute Gasteiger partial charge is 0.497 e. The summed E-state index contributed by atoms with van der Waals surface area (Å²) in [4.78, 5) is 12.7. The van der Waals surface area contributed by atoms with Crippen molar-refractivity contribution in [2.24, 2.45) is 0 Å². The number of ether oxygens (including phenoxy) is 1. The molecular formula is C14H18N4O. The van der Waals surface area contributed by atoms with Crippen LogP contribution in [0, 0.1) is 0 Å². The van der Waals surface area contributed by atoms with Crippen LogP contribution in [0.4, 0.5) is 5.95 Å². The van der Waals surface area contributed by atoms with E-state index >= 15 is 0 Å². The van der Waals surface area contributed by atoms with Crippen LogP contribution in [-0.2, 0) is 12.8 Å². The van der Waals surface area contributed by atoms with E-state index in [1.54, 1.807) is 7.11 Å². The van der Waals surface area contributed by atoms with Crippen molar-refractivity contribution in [1.29, 1.82) is 0 Å². The summed E-state index contributed by atoms with van der Waals surface area (Å²) in [5, 5.41) is 0. The van der Waals surface area contributed by atoms with Crippen molar-refractivity contribution in [3.05, 3.63) is 41.5 Å². The molecule has 5 heteroatoms. The van der Waals surface area contributed by atoms with E-state index in [0.717, 1.165) is 30.0 Å². The number of nitrogen functional groups attached to an aromatic ring is 1. The quantitative estimate of drug-likeness (QED) is 0.888. The Bertz CT molecular complexity index is 557. The van der Waals surface area contributed by atoms with Crippen LogP contribution in [0.15, 0.2) is 24.3 Å². The Labute approximate surface area is 112 Å². The zero-order valence-corrected chi connectivity index (χ0v) is 11.3. The minimum Gasteiger partial charge on any atom is -0.497 e. The second-order valence-corrected chi connectivity index (χ2v) is 4.30. The van der Waals surface area contributed by atoms with Gasteiger partial charge in [-0.2, -0.15) is 9.97 Å². The van der Waals surface area contributed by atoms with Crippen molar-refractivity contribution in [2.45, 2.75) is 26.2 Å². The van der Waals surface area contributed by atoms with Crippen LogP contribution in [0.5, 0.6) is 5.75 Å². The molecule has 1 aromatic carbocycles. The maximum atomic E-state index is 5.71. The number of nitrogens with zero attached hydrogens (tertiary/aromatic N) is 3. The van der Waals surface area contributed by atoms with E-state index in [0.29, 0.717) is 12.2 Å². The number of aromatic nitrogens is 3. The molecule has 1 aromatic heterocycles. The highest BCUT2D eigenvalue weighted by molar-refractivity contribution is 5.30. The van der Waals surface area contributed by atoms with Gasteiger partial charge >= 0.3 is 0 Å². The number of benzene rings is 1. The highest BCUT2D eigenvalue weighted by Crippen LogP contribution is 2.15. The molecule has 0 aliphatic carbocycles. The highest BCUT2D eigenvalue weighted by Gasteiger charge is 2.05. The summed E-state index contributed by atoms with van der Waals surface area (Å²) in [5.41, 5.74) is 6.80. The summed E-state index contributed by atoms with van der Waals surface area (Å²) in [6, 6.07) is 7.85. The van der Waals surface area contributed by atoms with E-state index in [2.05, 4.69) is 21.9 Å². The molecule has 0 aliphatic rings. The minimum absolute atomic E-state index is 0.288. The normalized spacial score (nSPS) is 10.4. The van der Waals surface area contributed by atoms with E-state index in [1.165, 1.54) is 0 Å². The van der Waals surface area contributed by atoms with Crippen LogP contribution >= 0.6 is 0 Å². The Morgan fingerprint density at radius 3 is 2.68 bits per heavy atom. The number of methoxy groups -OCH3 is 1. The Morgan fingerprint density at radius 1 is 1.16 bits per heavy atom. The van der Waals surface area contributed by atoms with Crippen molar-refractivity contribution in [3.63, 3.8) is 0 Å². The maximum absolute atomic E-state index is 5.71. The van der Waals surface area contributed by atoms with E-state index in [9.17, 15) is 0 Å². The topological polar surface area (TPSA) is 73.9 Å². The molecular weight excluding hydrogens is 240 g/mol. The Kier molecular flexibility index (Phi) is 4.28. The predicted octanol–water partition coefficient (Wildman–Crippen LogP) is 2.01. The molecule has 19 heavy (non-hydrogen) atoms. The number of nitrogens with two attached hydrogens (primary N) is 1. The van der Waals surface area contributed by atoms with E-state index < -0.39 is 0 Å². The molecule has 2 aromatic rings. The molecule has 1 heterocycles. The maximum Gasteiger partial charge on any atom is 0.223 e. The third-order valence-electron chi connectivity index (χ3n) is 2.72. The lowest BCUT2D eigenvalue weighted by atomic mass is 10.1. The Balaban J connectivity index is 2.22. The standard InChI is InChI=1S/C14H18N4O/c1-3-5-12-16-13(18-14(15)17-12)9-10-6-4-7-11(8-10)19-2/h4,6-8H,3,5,9H2,1-2H3,(H2,15,16,17,18). The van der Waals surface area contributed by atoms with Gasteiger partial charge in [-0.1, -0.05) is 19.1 Å². The van der Waals surface area contributed by atoms with Crippen LogP contribution < -0.4 is 10.5 Å². The first-order valence-corrected chi connectivity index (χ1v) is 6.33. The fourth-order valence-electron chi connectivity index (χ4n) is 1.87. The second-order valence-electron chi connectivity index (χ2n) is 4.30. The van der Waals surface area contributed by atoms with Crippen molar-refractivity contribution < 1.29 is 4.74 Å². The molecule has 0 radical (unpaired) electrons. The fourth-order valence-corrected chi connectivity index (χ4v) is 1.87. The molecule has 0 fully saturated rings. The van der Waals surface area contributed by atoms with Crippen LogP contribution in [0.1, 0.15) is 30.6 Å². The van der Waals surface area contributed by atoms with Crippen LogP contribution in [0.2, 0.25) is 0 Å². The van der Waals surface area contributed by atoms with Gasteiger partial charge in [-0.25, -0.2) is 4.98 Å². The Morgan fingerprint density at radius 2 is 1.95 bits per heavy atom. The first-order chi connectivity index (χ1) is 9.21. The molecule has 0 aliphatic heterocycles. The highest BCUT2D eigenvalue weighted by atomic mass is 16.5. The zero-order chi connectivity index (χ0) is 13.7. The summed E-state index contributed by atoms with van der Waals surface area (Å²) >= 11 is 0. The number of anilines is 1. The van der Waals surface area contributed by atoms with Crippen molar-refractivity contribution in [2.75, 3.05) is 12.8 Å². The predicted molar refractivity (Wildman–Crippen MR) is 74.0 cm³/mol. The Hall–Kier alpha value is -2.17. The van der Waals surface area contributed by atoms with E-state index in [4.69, 9.17) is 10.5 Å². The van der Waals surface area contributed by atoms with Gasteiger partial charge in [-0.05, 0) is 24.1 Å². The second kappa shape index (κ2) is 6.13. The third kappa shape index (κ3) is 3.64. The van der Waals surface area contributed by atoms with Crippen LogP contribution in [0.3, 0.4) is 0 Å². The fraction of sp³-hybridized carbons (Fsp3) is 0.357. The molecule has 0 bridgehead atoms. The molecule has 2 N–H and O–H groups in total. The summed E-state index contributed by atoms with van der Waals surface area (Å²) in [5.74, 6) is 2.57. The lowest BCUT2D eigenvalue weighted by Gasteiger charge is -2.06. The molecule has 0 unspecified atom stereocenters. The van der Waals surface area contributed by atoms with Crippen LogP contribution in [-0.4, -0.2) is 22.1 Å². The van der Waals surface area contributed by atoms with Gasteiger partial charge in [0.1, 0.15) is 17.4 Å². The first-order valence-electron chi connectivity index (χ1n) is 6.33. The van der Waals surface area contributed by atoms with Gasteiger partial charge in [0.05, 0.1) is 7.11 Å². The van der Waals surface area contributed by atoms with Crippen LogP contribution in [0.25, 0.3) is 0 Å². The average Bonchev–Trinajstić information content (AvgIpc) is 2.38. The van der Waals surface area contributed by atoms with Gasteiger partial charge in [0.25, 0.3) is 0 Å². The van der Waals surface area contributed by atoms with Gasteiger partial charge in [-0.3, -0.25) is 0 Å². The number of hydrogen-bond acceptors (Lipinski definition) is 5. The van der Waals surface area contributed by atoms with Crippen molar-refractivity contribution in [1.82, 2.24) is 15.0 Å². The summed E-state index contributed by atoms with van der Waals surface area (Å²) < 4.78 is 5.20. The van der Waals surface area contributed by atoms with E-state index in [-0.39, 0.29) is 5.95 Å². The third-order valence-corrected chi connectivity index (χ3v) is 2.72. The van der Waals surface area contributed by atoms with E-state index in [1.807, 2.05) is 24.3 Å². The van der Waals surface area contributed by atoms with Crippen molar-refractivity contribution >= 4 is 5.95 Å². The summed E-state index contributed by atoms with van der Waals surface area (Å²) in [6.45, 7) is 2.09. The smallest absolute Gasteiger partial charge is 0.223 e. The van der Waals surface area contributed by atoms with Gasteiger partial charge in [-0.15, -0.1) is 0 Å². The molecule has 5 nitrogen and oxygen atoms in total. The molecule has 100 valence electrons. The number of hydrogen-bond donors (Lipinski definition) is 1. The molecule has 2 rings (SSSR count). The number of rotatable bonds is 5. The molecule has 0 atom stereocenters. The molecule has 0 saturated heterocycles. The molecule has 0 amide bonds. The monoisotopic (exact) mass is 258 g/mol. The SMILES string of the molecule is CCCc1nc(N)nc(Cc2cccc(OC)c2)n1. The van der Waals surface area contributed by atoms with Gasteiger partial charge in [0.2, 0.25) is 5.95 Å². The summed E-state index contributed by atoms with van der Waals surface area (Å²) in [7, 11) is 1.65.